The molecule has 1 aromatic carbocycles. The summed E-state index contributed by atoms with van der Waals surface area (Å²) in [6, 6.07) is 7.40. The Morgan fingerprint density at radius 2 is 2.25 bits per heavy atom. The van der Waals surface area contributed by atoms with Crippen LogP contribution in [0.5, 0.6) is 0 Å². The lowest BCUT2D eigenvalue weighted by Crippen LogP contribution is -2.23. The van der Waals surface area contributed by atoms with Crippen LogP contribution in [0.3, 0.4) is 0 Å². The van der Waals surface area contributed by atoms with Gasteiger partial charge >= 0.3 is 0 Å². The molecule has 0 bridgehead atoms. The van der Waals surface area contributed by atoms with E-state index in [4.69, 9.17) is 5.73 Å². The van der Waals surface area contributed by atoms with Crippen molar-refractivity contribution in [1.82, 2.24) is 4.98 Å². The van der Waals surface area contributed by atoms with Crippen molar-refractivity contribution >= 4 is 27.3 Å². The molecule has 0 radical (unpaired) electrons. The Morgan fingerprint density at radius 3 is 3.00 bits per heavy atom. The number of nitrogen functional groups attached to an aromatic ring is 1. The van der Waals surface area contributed by atoms with Gasteiger partial charge in [0, 0.05) is 25.0 Å². The maximum atomic E-state index is 13.5. The van der Waals surface area contributed by atoms with Gasteiger partial charge in [0.15, 0.2) is 0 Å². The second-order valence-corrected chi connectivity index (χ2v) is 5.82. The number of aromatic nitrogens is 1. The Bertz CT molecular complexity index is 618. The van der Waals surface area contributed by atoms with Crippen LogP contribution in [-0.4, -0.2) is 11.5 Å². The fraction of sp³-hybridized carbons (Fsp3) is 0.267. The number of pyridine rings is 1. The second-order valence-electron chi connectivity index (χ2n) is 4.96. The van der Waals surface area contributed by atoms with Crippen LogP contribution in [0.2, 0.25) is 0 Å². The molecule has 2 heterocycles. The predicted molar refractivity (Wildman–Crippen MR) is 82.1 cm³/mol. The minimum absolute atomic E-state index is 0.253. The first-order valence-corrected chi connectivity index (χ1v) is 7.37. The van der Waals surface area contributed by atoms with Gasteiger partial charge < -0.3 is 10.6 Å². The Balaban J connectivity index is 1.99. The molecule has 1 fully saturated rings. The molecule has 2 aromatic rings. The Morgan fingerprint density at radius 1 is 1.40 bits per heavy atom. The van der Waals surface area contributed by atoms with Gasteiger partial charge in [0.2, 0.25) is 0 Å². The van der Waals surface area contributed by atoms with E-state index in [0.29, 0.717) is 10.2 Å². The summed E-state index contributed by atoms with van der Waals surface area (Å²) in [5, 5.41) is 0. The number of halogens is 2. The first kappa shape index (κ1) is 13.4. The highest BCUT2D eigenvalue weighted by Crippen LogP contribution is 2.40. The van der Waals surface area contributed by atoms with Crippen molar-refractivity contribution in [2.75, 3.05) is 17.2 Å². The van der Waals surface area contributed by atoms with Crippen LogP contribution in [0.15, 0.2) is 41.1 Å². The smallest absolute Gasteiger partial charge is 0.139 e. The lowest BCUT2D eigenvalue weighted by Gasteiger charge is -2.28. The molecule has 2 N–H and O–H groups in total. The lowest BCUT2D eigenvalue weighted by molar-refractivity contribution is 0.621. The third kappa shape index (κ3) is 2.38. The van der Waals surface area contributed by atoms with Crippen LogP contribution in [0, 0.1) is 5.82 Å². The van der Waals surface area contributed by atoms with Gasteiger partial charge in [-0.05, 0) is 46.5 Å². The van der Waals surface area contributed by atoms with Crippen LogP contribution < -0.4 is 10.6 Å². The highest BCUT2D eigenvalue weighted by atomic mass is 79.9. The quantitative estimate of drug-likeness (QED) is 0.846. The van der Waals surface area contributed by atoms with Crippen molar-refractivity contribution in [3.05, 3.63) is 52.5 Å². The zero-order chi connectivity index (χ0) is 14.1. The normalized spacial score (nSPS) is 18.5. The van der Waals surface area contributed by atoms with Gasteiger partial charge in [0.1, 0.15) is 5.82 Å². The van der Waals surface area contributed by atoms with E-state index in [1.165, 1.54) is 11.6 Å². The van der Waals surface area contributed by atoms with E-state index >= 15 is 0 Å². The standard InChI is InChI=1S/C15H15BrFN3/c16-11-7-15(13(18)8-12(11)17)20-6-2-4-14(20)10-3-1-5-19-9-10/h1,3,5,7-9,14H,2,4,6,18H2. The van der Waals surface area contributed by atoms with Crippen molar-refractivity contribution in [3.8, 4) is 0 Å². The van der Waals surface area contributed by atoms with Crippen LogP contribution in [0.25, 0.3) is 0 Å². The molecule has 1 aliphatic rings. The molecule has 1 unspecified atom stereocenters. The lowest BCUT2D eigenvalue weighted by atomic mass is 10.1. The van der Waals surface area contributed by atoms with Crippen molar-refractivity contribution in [3.63, 3.8) is 0 Å². The first-order valence-electron chi connectivity index (χ1n) is 6.58. The van der Waals surface area contributed by atoms with Crippen molar-refractivity contribution < 1.29 is 4.39 Å². The molecule has 0 amide bonds. The number of benzene rings is 1. The van der Waals surface area contributed by atoms with Gasteiger partial charge in [0.05, 0.1) is 21.9 Å². The van der Waals surface area contributed by atoms with Gasteiger partial charge in [-0.1, -0.05) is 6.07 Å². The van der Waals surface area contributed by atoms with Crippen LogP contribution >= 0.6 is 15.9 Å². The Labute approximate surface area is 125 Å². The zero-order valence-electron chi connectivity index (χ0n) is 10.9. The molecule has 1 aromatic heterocycles. The molecule has 3 nitrogen and oxygen atoms in total. The molecular formula is C15H15BrFN3. The minimum Gasteiger partial charge on any atom is -0.397 e. The van der Waals surface area contributed by atoms with E-state index in [-0.39, 0.29) is 11.9 Å². The van der Waals surface area contributed by atoms with Gasteiger partial charge in [-0.2, -0.15) is 0 Å². The summed E-state index contributed by atoms with van der Waals surface area (Å²) < 4.78 is 14.0. The molecule has 0 aliphatic carbocycles. The summed E-state index contributed by atoms with van der Waals surface area (Å²) in [7, 11) is 0. The van der Waals surface area contributed by atoms with E-state index in [2.05, 4.69) is 31.9 Å². The Kier molecular flexibility index (Phi) is 3.61. The van der Waals surface area contributed by atoms with Crippen molar-refractivity contribution in [2.45, 2.75) is 18.9 Å². The molecule has 104 valence electrons. The van der Waals surface area contributed by atoms with E-state index < -0.39 is 0 Å². The van der Waals surface area contributed by atoms with Gasteiger partial charge in [0.25, 0.3) is 0 Å². The summed E-state index contributed by atoms with van der Waals surface area (Å²) >= 11 is 3.23. The second kappa shape index (κ2) is 5.40. The Hall–Kier alpha value is -1.62. The molecular weight excluding hydrogens is 321 g/mol. The molecule has 0 saturated carbocycles. The van der Waals surface area contributed by atoms with Gasteiger partial charge in [-0.3, -0.25) is 4.98 Å². The zero-order valence-corrected chi connectivity index (χ0v) is 12.5. The highest BCUT2D eigenvalue weighted by Gasteiger charge is 2.28. The number of hydrogen-bond acceptors (Lipinski definition) is 3. The number of rotatable bonds is 2. The predicted octanol–water partition coefficient (Wildman–Crippen LogP) is 3.91. The largest absolute Gasteiger partial charge is 0.397 e. The van der Waals surface area contributed by atoms with Crippen LogP contribution in [0.4, 0.5) is 15.8 Å². The average Bonchev–Trinajstić information content (AvgIpc) is 2.93. The third-order valence-corrected chi connectivity index (χ3v) is 4.31. The topological polar surface area (TPSA) is 42.1 Å². The number of hydrogen-bond donors (Lipinski definition) is 1. The van der Waals surface area contributed by atoms with Gasteiger partial charge in [-0.15, -0.1) is 0 Å². The maximum Gasteiger partial charge on any atom is 0.139 e. The summed E-state index contributed by atoms with van der Waals surface area (Å²) in [4.78, 5) is 6.42. The van der Waals surface area contributed by atoms with E-state index in [1.54, 1.807) is 12.3 Å². The monoisotopic (exact) mass is 335 g/mol. The number of nitrogens with two attached hydrogens (primary N) is 1. The fourth-order valence-corrected chi connectivity index (χ4v) is 3.11. The van der Waals surface area contributed by atoms with E-state index in [9.17, 15) is 4.39 Å². The van der Waals surface area contributed by atoms with Gasteiger partial charge in [-0.25, -0.2) is 4.39 Å². The molecule has 5 heteroatoms. The van der Waals surface area contributed by atoms with Crippen molar-refractivity contribution in [2.24, 2.45) is 0 Å². The molecule has 0 spiro atoms. The molecule has 1 atom stereocenters. The van der Waals surface area contributed by atoms with Crippen LogP contribution in [0.1, 0.15) is 24.4 Å². The fourth-order valence-electron chi connectivity index (χ4n) is 2.78. The molecule has 3 rings (SSSR count). The highest BCUT2D eigenvalue weighted by molar-refractivity contribution is 9.10. The third-order valence-electron chi connectivity index (χ3n) is 3.70. The average molecular weight is 336 g/mol. The van der Waals surface area contributed by atoms with Crippen LogP contribution in [-0.2, 0) is 0 Å². The number of nitrogens with zero attached hydrogens (tertiary/aromatic N) is 2. The molecule has 1 saturated heterocycles. The molecule has 20 heavy (non-hydrogen) atoms. The first-order chi connectivity index (χ1) is 9.66. The van der Waals surface area contributed by atoms with E-state index in [1.807, 2.05) is 12.3 Å². The van der Waals surface area contributed by atoms with E-state index in [0.717, 1.165) is 25.1 Å². The summed E-state index contributed by atoms with van der Waals surface area (Å²) in [6.07, 6.45) is 5.80. The number of anilines is 2. The molecule has 1 aliphatic heterocycles. The summed E-state index contributed by atoms with van der Waals surface area (Å²) in [6.45, 7) is 0.918. The minimum atomic E-state index is -0.330. The van der Waals surface area contributed by atoms with Crippen molar-refractivity contribution in [1.29, 1.82) is 0 Å². The summed E-state index contributed by atoms with van der Waals surface area (Å²) in [5.74, 6) is -0.330. The maximum absolute atomic E-state index is 13.5. The SMILES string of the molecule is Nc1cc(F)c(Br)cc1N1CCCC1c1cccnc1. The summed E-state index contributed by atoms with van der Waals surface area (Å²) in [5.41, 5.74) is 8.52.